The zero-order valence-electron chi connectivity index (χ0n) is 18.7. The van der Waals surface area contributed by atoms with Crippen LogP contribution in [-0.4, -0.2) is 35.4 Å². The Balaban J connectivity index is 1.40. The van der Waals surface area contributed by atoms with E-state index in [1.807, 2.05) is 0 Å². The van der Waals surface area contributed by atoms with Gasteiger partial charge in [0.15, 0.2) is 0 Å². The molecule has 1 saturated heterocycles. The molecular weight excluding hydrogens is 476 g/mol. The fraction of sp³-hybridized carbons (Fsp3) is 0.269. The number of nitro benzene ring substituents is 1. The van der Waals surface area contributed by atoms with Gasteiger partial charge >= 0.3 is 0 Å². The standard InChI is InChI=1S/C26H22ClF2N3O3/c27-22-7-3-18(13-24(22)32(34)35)25(33)31-16-26(21-14-20(29)6-8-23(21)31)9-11-30(12-10-26)15-17-1-4-19(28)5-2-17/h1-8,13-14H,9-12,15-16H2. The van der Waals surface area contributed by atoms with Crippen molar-refractivity contribution in [1.82, 2.24) is 4.90 Å². The van der Waals surface area contributed by atoms with Gasteiger partial charge < -0.3 is 4.90 Å². The Bertz CT molecular complexity index is 1310. The van der Waals surface area contributed by atoms with Gasteiger partial charge in [0, 0.05) is 35.8 Å². The molecule has 2 aliphatic rings. The fourth-order valence-electron chi connectivity index (χ4n) is 5.18. The van der Waals surface area contributed by atoms with Gasteiger partial charge in [-0.1, -0.05) is 23.7 Å². The van der Waals surface area contributed by atoms with Crippen LogP contribution in [0.25, 0.3) is 0 Å². The van der Waals surface area contributed by atoms with Crippen molar-refractivity contribution >= 4 is 28.9 Å². The molecule has 1 spiro atoms. The van der Waals surface area contributed by atoms with Crippen LogP contribution in [0.5, 0.6) is 0 Å². The van der Waals surface area contributed by atoms with E-state index in [9.17, 15) is 23.7 Å². The van der Waals surface area contributed by atoms with Crippen LogP contribution in [0, 0.1) is 21.7 Å². The van der Waals surface area contributed by atoms with Crippen LogP contribution < -0.4 is 4.90 Å². The highest BCUT2D eigenvalue weighted by Gasteiger charge is 2.46. The molecule has 0 aliphatic carbocycles. The molecule has 3 aromatic carbocycles. The molecule has 2 heterocycles. The highest BCUT2D eigenvalue weighted by atomic mass is 35.5. The lowest BCUT2D eigenvalue weighted by atomic mass is 9.74. The van der Waals surface area contributed by atoms with Crippen molar-refractivity contribution in [3.05, 3.63) is 104 Å². The van der Waals surface area contributed by atoms with Crippen LogP contribution in [0.15, 0.2) is 60.7 Å². The van der Waals surface area contributed by atoms with E-state index in [-0.39, 0.29) is 33.8 Å². The molecule has 0 aromatic heterocycles. The number of hydrogen-bond donors (Lipinski definition) is 0. The molecule has 0 N–H and O–H groups in total. The molecule has 0 saturated carbocycles. The minimum atomic E-state index is -0.620. The molecule has 0 bridgehead atoms. The lowest BCUT2D eigenvalue weighted by Gasteiger charge is -2.40. The number of fused-ring (bicyclic) bond motifs is 2. The maximum absolute atomic E-state index is 14.3. The number of rotatable bonds is 4. The van der Waals surface area contributed by atoms with E-state index in [1.54, 1.807) is 23.1 Å². The van der Waals surface area contributed by atoms with Gasteiger partial charge in [-0.3, -0.25) is 19.8 Å². The Morgan fingerprint density at radius 2 is 1.69 bits per heavy atom. The predicted octanol–water partition coefficient (Wildman–Crippen LogP) is 5.72. The van der Waals surface area contributed by atoms with Crippen LogP contribution in [0.1, 0.15) is 34.3 Å². The normalized spacial score (nSPS) is 16.9. The average Bonchev–Trinajstić information content (AvgIpc) is 3.15. The third-order valence-corrected chi connectivity index (χ3v) is 7.37. The molecule has 3 aromatic rings. The number of benzene rings is 3. The first-order chi connectivity index (χ1) is 16.8. The topological polar surface area (TPSA) is 66.7 Å². The maximum Gasteiger partial charge on any atom is 0.288 e. The van der Waals surface area contributed by atoms with Gasteiger partial charge in [-0.05, 0) is 79.5 Å². The molecular formula is C26H22ClF2N3O3. The van der Waals surface area contributed by atoms with Gasteiger partial charge in [0.1, 0.15) is 16.7 Å². The average molecular weight is 498 g/mol. The van der Waals surface area contributed by atoms with Crippen LogP contribution in [0.4, 0.5) is 20.2 Å². The van der Waals surface area contributed by atoms with E-state index in [4.69, 9.17) is 11.6 Å². The predicted molar refractivity (Wildman–Crippen MR) is 129 cm³/mol. The summed E-state index contributed by atoms with van der Waals surface area (Å²) in [4.78, 5) is 28.0. The number of halogens is 3. The first-order valence-electron chi connectivity index (χ1n) is 11.3. The third-order valence-electron chi connectivity index (χ3n) is 7.05. The summed E-state index contributed by atoms with van der Waals surface area (Å²) in [5, 5.41) is 11.3. The molecule has 0 atom stereocenters. The largest absolute Gasteiger partial charge is 0.307 e. The second kappa shape index (κ2) is 9.02. The molecule has 5 rings (SSSR count). The van der Waals surface area contributed by atoms with Crippen LogP contribution in [-0.2, 0) is 12.0 Å². The number of carbonyl (C=O) groups excluding carboxylic acids is 1. The van der Waals surface area contributed by atoms with E-state index in [2.05, 4.69) is 4.90 Å². The minimum absolute atomic E-state index is 0.0413. The summed E-state index contributed by atoms with van der Waals surface area (Å²) in [5.74, 6) is -1.02. The molecule has 35 heavy (non-hydrogen) atoms. The number of piperidine rings is 1. The summed E-state index contributed by atoms with van der Waals surface area (Å²) in [6.45, 7) is 2.53. The van der Waals surface area contributed by atoms with Gasteiger partial charge in [-0.25, -0.2) is 8.78 Å². The smallest absolute Gasteiger partial charge is 0.288 e. The number of nitrogens with zero attached hydrogens (tertiary/aromatic N) is 3. The van der Waals surface area contributed by atoms with E-state index >= 15 is 0 Å². The Kier molecular flexibility index (Phi) is 6.02. The summed E-state index contributed by atoms with van der Waals surface area (Å²) in [5.41, 5.74) is 1.84. The second-order valence-electron chi connectivity index (χ2n) is 9.16. The van der Waals surface area contributed by atoms with E-state index < -0.39 is 10.3 Å². The molecule has 1 amide bonds. The number of hydrogen-bond acceptors (Lipinski definition) is 4. The summed E-state index contributed by atoms with van der Waals surface area (Å²) >= 11 is 5.92. The number of carbonyl (C=O) groups is 1. The number of likely N-dealkylation sites (tertiary alicyclic amines) is 1. The first kappa shape index (κ1) is 23.4. The lowest BCUT2D eigenvalue weighted by molar-refractivity contribution is -0.384. The monoisotopic (exact) mass is 497 g/mol. The van der Waals surface area contributed by atoms with Gasteiger partial charge in [-0.15, -0.1) is 0 Å². The maximum atomic E-state index is 14.3. The van der Waals surface area contributed by atoms with Gasteiger partial charge in [0.25, 0.3) is 11.6 Å². The van der Waals surface area contributed by atoms with Crippen LogP contribution in [0.3, 0.4) is 0 Å². The highest BCUT2D eigenvalue weighted by Crippen LogP contribution is 2.48. The van der Waals surface area contributed by atoms with Crippen molar-refractivity contribution in [1.29, 1.82) is 0 Å². The molecule has 0 radical (unpaired) electrons. The quantitative estimate of drug-likeness (QED) is 0.341. The third kappa shape index (κ3) is 4.39. The Morgan fingerprint density at radius 1 is 1.00 bits per heavy atom. The molecule has 1 fully saturated rings. The van der Waals surface area contributed by atoms with Crippen molar-refractivity contribution in [2.24, 2.45) is 0 Å². The first-order valence-corrected chi connectivity index (χ1v) is 11.7. The summed E-state index contributed by atoms with van der Waals surface area (Å²) in [7, 11) is 0. The van der Waals surface area contributed by atoms with E-state index in [0.717, 1.165) is 37.1 Å². The van der Waals surface area contributed by atoms with Crippen LogP contribution >= 0.6 is 11.6 Å². The Labute approximate surface area is 205 Å². The zero-order valence-corrected chi connectivity index (χ0v) is 19.5. The minimum Gasteiger partial charge on any atom is -0.307 e. The van der Waals surface area contributed by atoms with Crippen molar-refractivity contribution in [2.45, 2.75) is 24.8 Å². The molecule has 6 nitrogen and oxygen atoms in total. The van der Waals surface area contributed by atoms with Crippen molar-refractivity contribution in [3.63, 3.8) is 0 Å². The summed E-state index contributed by atoms with van der Waals surface area (Å²) in [6, 6.07) is 14.9. The molecule has 0 unspecified atom stereocenters. The van der Waals surface area contributed by atoms with Gasteiger partial charge in [0.2, 0.25) is 0 Å². The van der Waals surface area contributed by atoms with Crippen molar-refractivity contribution in [3.8, 4) is 0 Å². The molecule has 180 valence electrons. The van der Waals surface area contributed by atoms with Crippen LogP contribution in [0.2, 0.25) is 5.02 Å². The second-order valence-corrected chi connectivity index (χ2v) is 9.57. The zero-order chi connectivity index (χ0) is 24.7. The lowest BCUT2D eigenvalue weighted by Crippen LogP contribution is -2.45. The summed E-state index contributed by atoms with van der Waals surface area (Å²) in [6.07, 6.45) is 1.43. The fourth-order valence-corrected chi connectivity index (χ4v) is 5.37. The van der Waals surface area contributed by atoms with Crippen molar-refractivity contribution < 1.29 is 18.5 Å². The molecule has 9 heteroatoms. The van der Waals surface area contributed by atoms with E-state index in [1.165, 1.54) is 42.5 Å². The SMILES string of the molecule is O=C(c1ccc(Cl)c([N+](=O)[O-])c1)N1CC2(CCN(Cc3ccc(F)cc3)CC2)c2cc(F)ccc21. The summed E-state index contributed by atoms with van der Waals surface area (Å²) < 4.78 is 27.5. The number of nitro groups is 1. The Hall–Kier alpha value is -3.36. The van der Waals surface area contributed by atoms with E-state index in [0.29, 0.717) is 18.8 Å². The number of anilines is 1. The van der Waals surface area contributed by atoms with Gasteiger partial charge in [0.05, 0.1) is 4.92 Å². The van der Waals surface area contributed by atoms with Gasteiger partial charge in [-0.2, -0.15) is 0 Å². The van der Waals surface area contributed by atoms with Crippen molar-refractivity contribution in [2.75, 3.05) is 24.5 Å². The highest BCUT2D eigenvalue weighted by molar-refractivity contribution is 6.32. The molecule has 2 aliphatic heterocycles. The Morgan fingerprint density at radius 3 is 2.37 bits per heavy atom. The number of amides is 1.